The molecule has 0 bridgehead atoms. The number of anilines is 1. The van der Waals surface area contributed by atoms with Crippen LogP contribution < -0.4 is 5.32 Å². The zero-order valence-electron chi connectivity index (χ0n) is 11.7. The summed E-state index contributed by atoms with van der Waals surface area (Å²) in [7, 11) is 0. The molecular formula is C16H18ClN3. The summed E-state index contributed by atoms with van der Waals surface area (Å²) in [5.74, 6) is 1.76. The number of benzene rings is 1. The quantitative estimate of drug-likeness (QED) is 0.856. The standard InChI is InChI=1S/C16H18ClN3/c1-10(2)14-15(17)18-9-19-16(14)20-13-8-12(13)11-6-4-3-5-7-11/h3-7,9-10,12-13H,8H2,1-2H3,(H,18,19,20). The van der Waals surface area contributed by atoms with Crippen LogP contribution in [0.1, 0.15) is 43.2 Å². The molecule has 104 valence electrons. The lowest BCUT2D eigenvalue weighted by Crippen LogP contribution is -2.10. The molecule has 20 heavy (non-hydrogen) atoms. The molecule has 3 nitrogen and oxygen atoms in total. The molecule has 0 aliphatic heterocycles. The van der Waals surface area contributed by atoms with Gasteiger partial charge < -0.3 is 5.32 Å². The van der Waals surface area contributed by atoms with Gasteiger partial charge in [-0.05, 0) is 17.9 Å². The first-order valence-corrected chi connectivity index (χ1v) is 7.36. The molecule has 1 heterocycles. The first kappa shape index (κ1) is 13.4. The van der Waals surface area contributed by atoms with Crippen LogP contribution in [0.25, 0.3) is 0 Å². The van der Waals surface area contributed by atoms with E-state index in [0.717, 1.165) is 17.8 Å². The van der Waals surface area contributed by atoms with Gasteiger partial charge in [0.05, 0.1) is 0 Å². The van der Waals surface area contributed by atoms with Crippen molar-refractivity contribution in [3.05, 3.63) is 52.9 Å². The van der Waals surface area contributed by atoms with Crippen LogP contribution in [0.3, 0.4) is 0 Å². The van der Waals surface area contributed by atoms with Crippen LogP contribution in [0.4, 0.5) is 5.82 Å². The Morgan fingerprint density at radius 3 is 2.65 bits per heavy atom. The van der Waals surface area contributed by atoms with Crippen LogP contribution in [0, 0.1) is 0 Å². The van der Waals surface area contributed by atoms with Gasteiger partial charge >= 0.3 is 0 Å². The van der Waals surface area contributed by atoms with E-state index in [1.54, 1.807) is 0 Å². The van der Waals surface area contributed by atoms with Crippen molar-refractivity contribution in [1.29, 1.82) is 0 Å². The maximum atomic E-state index is 6.19. The summed E-state index contributed by atoms with van der Waals surface area (Å²) in [6.07, 6.45) is 2.67. The zero-order chi connectivity index (χ0) is 14.1. The van der Waals surface area contributed by atoms with E-state index in [0.29, 0.717) is 23.0 Å². The van der Waals surface area contributed by atoms with Crippen LogP contribution in [0.5, 0.6) is 0 Å². The Balaban J connectivity index is 1.76. The average molecular weight is 288 g/mol. The van der Waals surface area contributed by atoms with Gasteiger partial charge in [0.25, 0.3) is 0 Å². The van der Waals surface area contributed by atoms with E-state index in [4.69, 9.17) is 11.6 Å². The Hall–Kier alpha value is -1.61. The summed E-state index contributed by atoms with van der Waals surface area (Å²) in [6, 6.07) is 11.0. The fourth-order valence-electron chi connectivity index (χ4n) is 2.60. The maximum absolute atomic E-state index is 6.19. The number of rotatable bonds is 4. The molecule has 1 saturated carbocycles. The minimum atomic E-state index is 0.306. The fourth-order valence-corrected chi connectivity index (χ4v) is 2.95. The summed E-state index contributed by atoms with van der Waals surface area (Å²) < 4.78 is 0. The van der Waals surface area contributed by atoms with E-state index >= 15 is 0 Å². The molecule has 1 N–H and O–H groups in total. The van der Waals surface area contributed by atoms with Crippen molar-refractivity contribution >= 4 is 17.4 Å². The van der Waals surface area contributed by atoms with Gasteiger partial charge in [-0.1, -0.05) is 55.8 Å². The Labute approximate surface area is 124 Å². The van der Waals surface area contributed by atoms with Gasteiger partial charge in [-0.15, -0.1) is 0 Å². The molecule has 0 radical (unpaired) electrons. The second kappa shape index (κ2) is 5.41. The van der Waals surface area contributed by atoms with Gasteiger partial charge in [-0.25, -0.2) is 9.97 Å². The monoisotopic (exact) mass is 287 g/mol. The van der Waals surface area contributed by atoms with Crippen LogP contribution in [-0.2, 0) is 0 Å². The normalized spacial score (nSPS) is 21.0. The van der Waals surface area contributed by atoms with Gasteiger partial charge in [0.2, 0.25) is 0 Å². The minimum absolute atomic E-state index is 0.306. The van der Waals surface area contributed by atoms with Crippen molar-refractivity contribution in [3.8, 4) is 0 Å². The lowest BCUT2D eigenvalue weighted by atomic mass is 10.1. The Morgan fingerprint density at radius 2 is 1.95 bits per heavy atom. The van der Waals surface area contributed by atoms with E-state index in [-0.39, 0.29) is 0 Å². The first-order chi connectivity index (χ1) is 9.66. The molecule has 1 aromatic heterocycles. The summed E-state index contributed by atoms with van der Waals surface area (Å²) in [5, 5.41) is 4.07. The van der Waals surface area contributed by atoms with Crippen LogP contribution in [0.2, 0.25) is 5.15 Å². The maximum Gasteiger partial charge on any atom is 0.138 e. The summed E-state index contributed by atoms with van der Waals surface area (Å²) >= 11 is 6.19. The van der Waals surface area contributed by atoms with Crippen LogP contribution >= 0.6 is 11.6 Å². The minimum Gasteiger partial charge on any atom is -0.366 e. The van der Waals surface area contributed by atoms with Crippen molar-refractivity contribution in [2.75, 3.05) is 5.32 Å². The number of nitrogens with zero attached hydrogens (tertiary/aromatic N) is 2. The van der Waals surface area contributed by atoms with Crippen LogP contribution in [-0.4, -0.2) is 16.0 Å². The SMILES string of the molecule is CC(C)c1c(Cl)ncnc1NC1CC1c1ccccc1. The molecule has 1 aliphatic rings. The third-order valence-corrected chi connectivity index (χ3v) is 4.05. The predicted octanol–water partition coefficient (Wildman–Crippen LogP) is 4.22. The fraction of sp³-hybridized carbons (Fsp3) is 0.375. The van der Waals surface area contributed by atoms with Gasteiger partial charge in [-0.3, -0.25) is 0 Å². The highest BCUT2D eigenvalue weighted by atomic mass is 35.5. The molecule has 1 aliphatic carbocycles. The molecule has 2 aromatic rings. The molecule has 0 saturated heterocycles. The largest absolute Gasteiger partial charge is 0.366 e. The smallest absolute Gasteiger partial charge is 0.138 e. The summed E-state index contributed by atoms with van der Waals surface area (Å²) in [5.41, 5.74) is 2.39. The van der Waals surface area contributed by atoms with Crippen LogP contribution in [0.15, 0.2) is 36.7 Å². The number of hydrogen-bond acceptors (Lipinski definition) is 3. The highest BCUT2D eigenvalue weighted by Gasteiger charge is 2.39. The number of aromatic nitrogens is 2. The molecule has 0 amide bonds. The Kier molecular flexibility index (Phi) is 3.62. The Morgan fingerprint density at radius 1 is 1.20 bits per heavy atom. The number of halogens is 1. The molecule has 0 spiro atoms. The van der Waals surface area contributed by atoms with Crippen molar-refractivity contribution < 1.29 is 0 Å². The van der Waals surface area contributed by atoms with E-state index in [9.17, 15) is 0 Å². The summed E-state index contributed by atoms with van der Waals surface area (Å²) in [4.78, 5) is 8.44. The van der Waals surface area contributed by atoms with E-state index in [1.165, 1.54) is 11.9 Å². The van der Waals surface area contributed by atoms with E-state index in [2.05, 4.69) is 59.5 Å². The zero-order valence-corrected chi connectivity index (χ0v) is 12.4. The molecule has 3 rings (SSSR count). The third-order valence-electron chi connectivity index (χ3n) is 3.75. The summed E-state index contributed by atoms with van der Waals surface area (Å²) in [6.45, 7) is 4.22. The molecule has 2 atom stereocenters. The molecule has 1 fully saturated rings. The molecule has 2 unspecified atom stereocenters. The first-order valence-electron chi connectivity index (χ1n) is 6.98. The van der Waals surface area contributed by atoms with Gasteiger partial charge in [0.15, 0.2) is 0 Å². The molecule has 1 aromatic carbocycles. The van der Waals surface area contributed by atoms with Gasteiger partial charge in [-0.2, -0.15) is 0 Å². The predicted molar refractivity (Wildman–Crippen MR) is 82.3 cm³/mol. The molecular weight excluding hydrogens is 270 g/mol. The third kappa shape index (κ3) is 2.63. The van der Waals surface area contributed by atoms with Crippen molar-refractivity contribution in [3.63, 3.8) is 0 Å². The van der Waals surface area contributed by atoms with E-state index < -0.39 is 0 Å². The van der Waals surface area contributed by atoms with Gasteiger partial charge in [0.1, 0.15) is 17.3 Å². The van der Waals surface area contributed by atoms with Crippen molar-refractivity contribution in [2.24, 2.45) is 0 Å². The Bertz CT molecular complexity index is 598. The van der Waals surface area contributed by atoms with Gasteiger partial charge in [0, 0.05) is 17.5 Å². The topological polar surface area (TPSA) is 37.8 Å². The highest BCUT2D eigenvalue weighted by Crippen LogP contribution is 2.43. The number of hydrogen-bond donors (Lipinski definition) is 1. The van der Waals surface area contributed by atoms with Crippen molar-refractivity contribution in [1.82, 2.24) is 9.97 Å². The second-order valence-electron chi connectivity index (χ2n) is 5.59. The lowest BCUT2D eigenvalue weighted by Gasteiger charge is -2.14. The second-order valence-corrected chi connectivity index (χ2v) is 5.94. The number of nitrogens with one attached hydrogen (secondary N) is 1. The van der Waals surface area contributed by atoms with E-state index in [1.807, 2.05) is 0 Å². The van der Waals surface area contributed by atoms with Crippen molar-refractivity contribution in [2.45, 2.75) is 38.1 Å². The lowest BCUT2D eigenvalue weighted by molar-refractivity contribution is 0.842. The highest BCUT2D eigenvalue weighted by molar-refractivity contribution is 6.30. The molecule has 4 heteroatoms. The average Bonchev–Trinajstić information content (AvgIpc) is 3.18.